The monoisotopic (exact) mass is 251 g/mol. The first-order valence-electron chi connectivity index (χ1n) is 4.98. The van der Waals surface area contributed by atoms with Crippen LogP contribution in [-0.2, 0) is 6.54 Å². The number of nitrogens with one attached hydrogen (secondary N) is 1. The van der Waals surface area contributed by atoms with Crippen LogP contribution in [0.3, 0.4) is 0 Å². The maximum absolute atomic E-state index is 6.06. The van der Waals surface area contributed by atoms with Gasteiger partial charge in [0.15, 0.2) is 0 Å². The van der Waals surface area contributed by atoms with Crippen molar-refractivity contribution in [1.82, 2.24) is 0 Å². The van der Waals surface area contributed by atoms with Gasteiger partial charge in [-0.25, -0.2) is 0 Å². The smallest absolute Gasteiger partial charge is 0.0455 e. The molecule has 0 aliphatic heterocycles. The first-order chi connectivity index (χ1) is 7.75. The van der Waals surface area contributed by atoms with E-state index in [1.54, 1.807) is 0 Å². The van der Waals surface area contributed by atoms with Gasteiger partial charge in [-0.3, -0.25) is 0 Å². The van der Waals surface area contributed by atoms with Crippen molar-refractivity contribution in [1.29, 1.82) is 0 Å². The second-order valence-corrected chi connectivity index (χ2v) is 4.30. The summed E-state index contributed by atoms with van der Waals surface area (Å²) in [5, 5.41) is 4.77. The second kappa shape index (κ2) is 5.24. The van der Waals surface area contributed by atoms with Gasteiger partial charge in [0, 0.05) is 22.3 Å². The maximum Gasteiger partial charge on any atom is 0.0455 e. The highest BCUT2D eigenvalue weighted by molar-refractivity contribution is 6.31. The number of hydrogen-bond acceptors (Lipinski definition) is 1. The molecule has 0 saturated heterocycles. The van der Waals surface area contributed by atoms with Crippen LogP contribution in [0, 0.1) is 0 Å². The molecule has 2 aromatic carbocycles. The summed E-state index contributed by atoms with van der Waals surface area (Å²) in [5.41, 5.74) is 2.07. The van der Waals surface area contributed by atoms with Gasteiger partial charge < -0.3 is 5.32 Å². The van der Waals surface area contributed by atoms with Crippen LogP contribution in [0.2, 0.25) is 10.0 Å². The molecular formula is C13H11Cl2N. The van der Waals surface area contributed by atoms with Gasteiger partial charge >= 0.3 is 0 Å². The van der Waals surface area contributed by atoms with Crippen LogP contribution >= 0.6 is 23.2 Å². The predicted octanol–water partition coefficient (Wildman–Crippen LogP) is 4.61. The van der Waals surface area contributed by atoms with Crippen molar-refractivity contribution in [2.45, 2.75) is 6.54 Å². The highest BCUT2D eigenvalue weighted by atomic mass is 35.5. The Morgan fingerprint density at radius 1 is 0.938 bits per heavy atom. The van der Waals surface area contributed by atoms with E-state index in [9.17, 15) is 0 Å². The molecule has 0 spiro atoms. The Hall–Kier alpha value is -1.18. The van der Waals surface area contributed by atoms with Crippen LogP contribution in [-0.4, -0.2) is 0 Å². The zero-order chi connectivity index (χ0) is 11.4. The van der Waals surface area contributed by atoms with E-state index in [0.717, 1.165) is 21.3 Å². The lowest BCUT2D eigenvalue weighted by Gasteiger charge is -2.08. The van der Waals surface area contributed by atoms with E-state index in [0.29, 0.717) is 6.54 Å². The van der Waals surface area contributed by atoms with Crippen LogP contribution < -0.4 is 5.32 Å². The molecule has 0 fully saturated rings. The molecule has 0 radical (unpaired) electrons. The van der Waals surface area contributed by atoms with Gasteiger partial charge in [-0.05, 0) is 29.8 Å². The number of anilines is 1. The molecule has 2 aromatic rings. The largest absolute Gasteiger partial charge is 0.381 e. The minimum Gasteiger partial charge on any atom is -0.381 e. The van der Waals surface area contributed by atoms with Crippen molar-refractivity contribution >= 4 is 28.9 Å². The van der Waals surface area contributed by atoms with Crippen molar-refractivity contribution in [3.63, 3.8) is 0 Å². The first-order valence-corrected chi connectivity index (χ1v) is 5.74. The molecular weight excluding hydrogens is 241 g/mol. The second-order valence-electron chi connectivity index (χ2n) is 3.46. The van der Waals surface area contributed by atoms with Crippen LogP contribution in [0.1, 0.15) is 5.56 Å². The van der Waals surface area contributed by atoms with E-state index < -0.39 is 0 Å². The molecule has 0 heterocycles. The molecule has 0 aliphatic carbocycles. The van der Waals surface area contributed by atoms with Gasteiger partial charge in [-0.2, -0.15) is 0 Å². The average Bonchev–Trinajstić information content (AvgIpc) is 2.28. The van der Waals surface area contributed by atoms with Crippen LogP contribution in [0.15, 0.2) is 48.5 Å². The van der Waals surface area contributed by atoms with E-state index in [1.807, 2.05) is 48.5 Å². The standard InChI is InChI=1S/C13H11Cl2N/c14-11-5-3-6-12(8-11)16-9-10-4-1-2-7-13(10)15/h1-8,16H,9H2. The minimum absolute atomic E-state index is 0.694. The minimum atomic E-state index is 0.694. The molecule has 2 rings (SSSR count). The summed E-state index contributed by atoms with van der Waals surface area (Å²) in [4.78, 5) is 0. The number of halogens is 2. The van der Waals surface area contributed by atoms with E-state index in [1.165, 1.54) is 0 Å². The van der Waals surface area contributed by atoms with Gasteiger partial charge in [0.2, 0.25) is 0 Å². The van der Waals surface area contributed by atoms with Crippen molar-refractivity contribution in [2.24, 2.45) is 0 Å². The molecule has 0 saturated carbocycles. The average molecular weight is 252 g/mol. The third-order valence-corrected chi connectivity index (χ3v) is 2.87. The first kappa shape index (κ1) is 11.3. The van der Waals surface area contributed by atoms with Crippen LogP contribution in [0.4, 0.5) is 5.69 Å². The Balaban J connectivity index is 2.05. The van der Waals surface area contributed by atoms with Crippen LogP contribution in [0.5, 0.6) is 0 Å². The molecule has 0 amide bonds. The Bertz CT molecular complexity index is 483. The lowest BCUT2D eigenvalue weighted by Crippen LogP contribution is -1.99. The highest BCUT2D eigenvalue weighted by Gasteiger charge is 1.98. The Labute approximate surface area is 105 Å². The SMILES string of the molecule is Clc1cccc(NCc2ccccc2Cl)c1. The molecule has 0 aliphatic rings. The molecule has 0 unspecified atom stereocenters. The van der Waals surface area contributed by atoms with Gasteiger partial charge in [0.25, 0.3) is 0 Å². The van der Waals surface area contributed by atoms with Crippen molar-refractivity contribution < 1.29 is 0 Å². The summed E-state index contributed by atoms with van der Waals surface area (Å²) in [6.07, 6.45) is 0. The Morgan fingerprint density at radius 2 is 1.75 bits per heavy atom. The summed E-state index contributed by atoms with van der Waals surface area (Å²) in [6.45, 7) is 0.694. The van der Waals surface area contributed by atoms with Crippen molar-refractivity contribution in [2.75, 3.05) is 5.32 Å². The number of rotatable bonds is 3. The van der Waals surface area contributed by atoms with E-state index >= 15 is 0 Å². The molecule has 82 valence electrons. The summed E-state index contributed by atoms with van der Waals surface area (Å²) >= 11 is 11.9. The highest BCUT2D eigenvalue weighted by Crippen LogP contribution is 2.19. The topological polar surface area (TPSA) is 12.0 Å². The molecule has 16 heavy (non-hydrogen) atoms. The number of benzene rings is 2. The molecule has 1 nitrogen and oxygen atoms in total. The van der Waals surface area contributed by atoms with E-state index in [4.69, 9.17) is 23.2 Å². The molecule has 0 aromatic heterocycles. The van der Waals surface area contributed by atoms with Gasteiger partial charge in [-0.1, -0.05) is 47.5 Å². The summed E-state index contributed by atoms with van der Waals surface area (Å²) in [6, 6.07) is 15.4. The van der Waals surface area contributed by atoms with Crippen molar-refractivity contribution in [3.8, 4) is 0 Å². The molecule has 3 heteroatoms. The van der Waals surface area contributed by atoms with Crippen LogP contribution in [0.25, 0.3) is 0 Å². The zero-order valence-electron chi connectivity index (χ0n) is 8.58. The Kier molecular flexibility index (Phi) is 3.70. The fourth-order valence-corrected chi connectivity index (χ4v) is 1.83. The maximum atomic E-state index is 6.06. The third kappa shape index (κ3) is 2.91. The van der Waals surface area contributed by atoms with Gasteiger partial charge in [0.05, 0.1) is 0 Å². The Morgan fingerprint density at radius 3 is 2.50 bits per heavy atom. The van der Waals surface area contributed by atoms with E-state index in [2.05, 4.69) is 5.32 Å². The molecule has 0 atom stereocenters. The molecule has 0 bridgehead atoms. The lowest BCUT2D eigenvalue weighted by molar-refractivity contribution is 1.15. The lowest BCUT2D eigenvalue weighted by atomic mass is 10.2. The third-order valence-electron chi connectivity index (χ3n) is 2.27. The van der Waals surface area contributed by atoms with Gasteiger partial charge in [0.1, 0.15) is 0 Å². The number of hydrogen-bond donors (Lipinski definition) is 1. The van der Waals surface area contributed by atoms with Gasteiger partial charge in [-0.15, -0.1) is 0 Å². The zero-order valence-corrected chi connectivity index (χ0v) is 10.1. The quantitative estimate of drug-likeness (QED) is 0.841. The normalized spacial score (nSPS) is 10.1. The fraction of sp³-hybridized carbons (Fsp3) is 0.0769. The van der Waals surface area contributed by atoms with Crippen molar-refractivity contribution in [3.05, 3.63) is 64.1 Å². The predicted molar refractivity (Wildman–Crippen MR) is 70.2 cm³/mol. The summed E-state index contributed by atoms with van der Waals surface area (Å²) in [7, 11) is 0. The summed E-state index contributed by atoms with van der Waals surface area (Å²) in [5.74, 6) is 0. The summed E-state index contributed by atoms with van der Waals surface area (Å²) < 4.78 is 0. The van der Waals surface area contributed by atoms with E-state index in [-0.39, 0.29) is 0 Å². The molecule has 1 N–H and O–H groups in total. The fourth-order valence-electron chi connectivity index (χ4n) is 1.44.